The monoisotopic (exact) mass is 298 g/mol. The van der Waals surface area contributed by atoms with Crippen molar-refractivity contribution in [3.8, 4) is 0 Å². The van der Waals surface area contributed by atoms with Crippen molar-refractivity contribution in [3.63, 3.8) is 0 Å². The van der Waals surface area contributed by atoms with E-state index in [0.717, 1.165) is 32.4 Å². The van der Waals surface area contributed by atoms with E-state index in [1.165, 1.54) is 6.07 Å². The van der Waals surface area contributed by atoms with Gasteiger partial charge in [0, 0.05) is 23.7 Å². The Morgan fingerprint density at radius 1 is 1.50 bits per heavy atom. The second kappa shape index (κ2) is 7.04. The van der Waals surface area contributed by atoms with E-state index in [1.54, 1.807) is 12.1 Å². The molecule has 2 rings (SSSR count). The van der Waals surface area contributed by atoms with E-state index in [4.69, 9.17) is 17.3 Å². The van der Waals surface area contributed by atoms with E-state index < -0.39 is 5.82 Å². The molecular formula is C15H20ClFN2O. The number of nitrogens with two attached hydrogens (primary N) is 1. The van der Waals surface area contributed by atoms with Gasteiger partial charge in [0.05, 0.1) is 6.42 Å². The number of likely N-dealkylation sites (tertiary alicyclic amines) is 1. The molecule has 1 fully saturated rings. The zero-order valence-corrected chi connectivity index (χ0v) is 12.2. The lowest BCUT2D eigenvalue weighted by Gasteiger charge is -2.32. The highest BCUT2D eigenvalue weighted by atomic mass is 35.5. The summed E-state index contributed by atoms with van der Waals surface area (Å²) in [6, 6.07) is 4.49. The number of amides is 1. The van der Waals surface area contributed by atoms with Crippen LogP contribution in [0.5, 0.6) is 0 Å². The number of hydrogen-bond donors (Lipinski definition) is 1. The number of nitrogens with zero attached hydrogens (tertiary/aromatic N) is 1. The molecule has 0 aliphatic carbocycles. The molecule has 110 valence electrons. The Morgan fingerprint density at radius 2 is 2.30 bits per heavy atom. The van der Waals surface area contributed by atoms with Crippen LogP contribution in [0.25, 0.3) is 0 Å². The Labute approximate surface area is 123 Å². The van der Waals surface area contributed by atoms with E-state index in [1.807, 2.05) is 4.90 Å². The summed E-state index contributed by atoms with van der Waals surface area (Å²) in [5.41, 5.74) is 5.87. The standard InChI is InChI=1S/C15H20ClFN2O/c16-13-4-1-5-14(17)12(13)9-15(20)19-8-2-3-11(10-19)6-7-18/h1,4-5,11H,2-3,6-10,18H2. The number of carbonyl (C=O) groups is 1. The van der Waals surface area contributed by atoms with Crippen molar-refractivity contribution in [2.45, 2.75) is 25.7 Å². The van der Waals surface area contributed by atoms with E-state index in [-0.39, 0.29) is 12.3 Å². The quantitative estimate of drug-likeness (QED) is 0.929. The molecular weight excluding hydrogens is 279 g/mol. The zero-order chi connectivity index (χ0) is 14.5. The van der Waals surface area contributed by atoms with Gasteiger partial charge in [-0.05, 0) is 43.9 Å². The lowest BCUT2D eigenvalue weighted by molar-refractivity contribution is -0.132. The lowest BCUT2D eigenvalue weighted by Crippen LogP contribution is -2.41. The molecule has 2 N–H and O–H groups in total. The Kier molecular flexibility index (Phi) is 5.38. The molecule has 1 amide bonds. The Balaban J connectivity index is 2.01. The highest BCUT2D eigenvalue weighted by molar-refractivity contribution is 6.31. The topological polar surface area (TPSA) is 46.3 Å². The minimum Gasteiger partial charge on any atom is -0.342 e. The van der Waals surface area contributed by atoms with Crippen LogP contribution in [-0.4, -0.2) is 30.4 Å². The predicted octanol–water partition coefficient (Wildman–Crippen LogP) is 2.61. The normalized spacial score (nSPS) is 19.1. The zero-order valence-electron chi connectivity index (χ0n) is 11.4. The number of carbonyl (C=O) groups excluding carboxylic acids is 1. The molecule has 3 nitrogen and oxygen atoms in total. The third kappa shape index (κ3) is 3.70. The third-order valence-electron chi connectivity index (χ3n) is 3.84. The molecule has 0 saturated carbocycles. The maximum absolute atomic E-state index is 13.7. The van der Waals surface area contributed by atoms with Gasteiger partial charge in [-0.25, -0.2) is 4.39 Å². The van der Waals surface area contributed by atoms with Crippen molar-refractivity contribution < 1.29 is 9.18 Å². The molecule has 0 spiro atoms. The molecule has 1 aromatic rings. The summed E-state index contributed by atoms with van der Waals surface area (Å²) >= 11 is 5.96. The van der Waals surface area contributed by atoms with Gasteiger partial charge in [-0.1, -0.05) is 17.7 Å². The summed E-state index contributed by atoms with van der Waals surface area (Å²) in [4.78, 5) is 14.1. The van der Waals surface area contributed by atoms with Crippen LogP contribution in [0.4, 0.5) is 4.39 Å². The van der Waals surface area contributed by atoms with Gasteiger partial charge in [-0.2, -0.15) is 0 Å². The molecule has 0 aromatic heterocycles. The Hall–Kier alpha value is -1.13. The van der Waals surface area contributed by atoms with Crippen molar-refractivity contribution in [1.82, 2.24) is 4.90 Å². The first-order valence-corrected chi connectivity index (χ1v) is 7.40. The fraction of sp³-hybridized carbons (Fsp3) is 0.533. The molecule has 1 aromatic carbocycles. The van der Waals surface area contributed by atoms with Crippen molar-refractivity contribution in [3.05, 3.63) is 34.6 Å². The highest BCUT2D eigenvalue weighted by Crippen LogP contribution is 2.23. The molecule has 1 heterocycles. The predicted molar refractivity (Wildman–Crippen MR) is 78.1 cm³/mol. The molecule has 5 heteroatoms. The number of benzene rings is 1. The number of halogens is 2. The first-order valence-electron chi connectivity index (χ1n) is 7.02. The summed E-state index contributed by atoms with van der Waals surface area (Å²) in [6.45, 7) is 2.11. The molecule has 0 radical (unpaired) electrons. The van der Waals surface area contributed by atoms with E-state index >= 15 is 0 Å². The fourth-order valence-corrected chi connectivity index (χ4v) is 2.96. The van der Waals surface area contributed by atoms with E-state index in [2.05, 4.69) is 0 Å². The van der Waals surface area contributed by atoms with Gasteiger partial charge in [-0.3, -0.25) is 4.79 Å². The van der Waals surface area contributed by atoms with Gasteiger partial charge >= 0.3 is 0 Å². The van der Waals surface area contributed by atoms with Crippen LogP contribution in [0.15, 0.2) is 18.2 Å². The molecule has 20 heavy (non-hydrogen) atoms. The van der Waals surface area contributed by atoms with Crippen LogP contribution in [-0.2, 0) is 11.2 Å². The van der Waals surface area contributed by atoms with Gasteiger partial charge < -0.3 is 10.6 Å². The van der Waals surface area contributed by atoms with Gasteiger partial charge in [-0.15, -0.1) is 0 Å². The van der Waals surface area contributed by atoms with E-state index in [9.17, 15) is 9.18 Å². The van der Waals surface area contributed by atoms with Crippen LogP contribution >= 0.6 is 11.6 Å². The van der Waals surface area contributed by atoms with Crippen LogP contribution in [0.3, 0.4) is 0 Å². The molecule has 1 aliphatic heterocycles. The summed E-state index contributed by atoms with van der Waals surface area (Å²) in [5, 5.41) is 0.314. The van der Waals surface area contributed by atoms with Crippen molar-refractivity contribution in [2.24, 2.45) is 11.7 Å². The van der Waals surface area contributed by atoms with Gasteiger partial charge in [0.1, 0.15) is 5.82 Å². The molecule has 1 saturated heterocycles. The minimum absolute atomic E-state index is 0.0286. The molecule has 1 unspecified atom stereocenters. The summed E-state index contributed by atoms with van der Waals surface area (Å²) < 4.78 is 13.7. The lowest BCUT2D eigenvalue weighted by atomic mass is 9.94. The van der Waals surface area contributed by atoms with Gasteiger partial charge in [0.2, 0.25) is 5.91 Å². The average Bonchev–Trinajstić information content (AvgIpc) is 2.43. The van der Waals surface area contributed by atoms with E-state index in [0.29, 0.717) is 23.0 Å². The summed E-state index contributed by atoms with van der Waals surface area (Å²) in [5.74, 6) is -0.00567. The largest absolute Gasteiger partial charge is 0.342 e. The fourth-order valence-electron chi connectivity index (χ4n) is 2.73. The molecule has 1 atom stereocenters. The summed E-state index contributed by atoms with van der Waals surface area (Å²) in [6.07, 6.45) is 3.06. The smallest absolute Gasteiger partial charge is 0.227 e. The number of rotatable bonds is 4. The van der Waals surface area contributed by atoms with Crippen LogP contribution in [0.1, 0.15) is 24.8 Å². The number of piperidine rings is 1. The SMILES string of the molecule is NCCC1CCCN(C(=O)Cc2c(F)cccc2Cl)C1. The Morgan fingerprint density at radius 3 is 3.00 bits per heavy atom. The maximum Gasteiger partial charge on any atom is 0.227 e. The maximum atomic E-state index is 13.7. The Bertz CT molecular complexity index is 459. The highest BCUT2D eigenvalue weighted by Gasteiger charge is 2.24. The molecule has 0 bridgehead atoms. The number of hydrogen-bond acceptors (Lipinski definition) is 2. The first-order chi connectivity index (χ1) is 9.61. The van der Waals surface area contributed by atoms with Crippen molar-refractivity contribution in [1.29, 1.82) is 0 Å². The van der Waals surface area contributed by atoms with Crippen LogP contribution in [0.2, 0.25) is 5.02 Å². The second-order valence-electron chi connectivity index (χ2n) is 5.30. The second-order valence-corrected chi connectivity index (χ2v) is 5.71. The third-order valence-corrected chi connectivity index (χ3v) is 4.19. The van der Waals surface area contributed by atoms with Crippen LogP contribution < -0.4 is 5.73 Å². The molecule has 1 aliphatic rings. The van der Waals surface area contributed by atoms with Crippen molar-refractivity contribution >= 4 is 17.5 Å². The van der Waals surface area contributed by atoms with Crippen molar-refractivity contribution in [2.75, 3.05) is 19.6 Å². The minimum atomic E-state index is -0.415. The summed E-state index contributed by atoms with van der Waals surface area (Å²) in [7, 11) is 0. The van der Waals surface area contributed by atoms with Gasteiger partial charge in [0.25, 0.3) is 0 Å². The first kappa shape index (κ1) is 15.3. The average molecular weight is 299 g/mol. The van der Waals surface area contributed by atoms with Crippen LogP contribution in [0, 0.1) is 11.7 Å². The van der Waals surface area contributed by atoms with Gasteiger partial charge in [0.15, 0.2) is 0 Å².